The van der Waals surface area contributed by atoms with Crippen molar-refractivity contribution in [2.75, 3.05) is 0 Å². The molecule has 0 spiro atoms. The Labute approximate surface area is 132 Å². The Hall–Kier alpha value is -2.05. The van der Waals surface area contributed by atoms with Gasteiger partial charge in [-0.15, -0.1) is 0 Å². The van der Waals surface area contributed by atoms with E-state index in [0.29, 0.717) is 11.6 Å². The molecule has 1 aromatic heterocycles. The maximum absolute atomic E-state index is 9.00. The predicted molar refractivity (Wildman–Crippen MR) is 86.3 cm³/mol. The summed E-state index contributed by atoms with van der Waals surface area (Å²) in [5.74, 6) is 2.11. The van der Waals surface area contributed by atoms with Crippen LogP contribution >= 0.6 is 0 Å². The molecule has 0 aliphatic heterocycles. The van der Waals surface area contributed by atoms with Crippen LogP contribution in [0.15, 0.2) is 34.7 Å². The van der Waals surface area contributed by atoms with Crippen molar-refractivity contribution in [3.63, 3.8) is 0 Å². The summed E-state index contributed by atoms with van der Waals surface area (Å²) >= 11 is 0. The summed E-state index contributed by atoms with van der Waals surface area (Å²) in [6.45, 7) is 7.36. The van der Waals surface area contributed by atoms with Crippen molar-refractivity contribution in [3.8, 4) is 6.07 Å². The van der Waals surface area contributed by atoms with Crippen molar-refractivity contribution in [1.29, 1.82) is 5.26 Å². The Bertz CT molecular complexity index is 721. The molecule has 1 aliphatic carbocycles. The summed E-state index contributed by atoms with van der Waals surface area (Å²) in [4.78, 5) is 0. The number of hydrogen-bond donors (Lipinski definition) is 1. The summed E-state index contributed by atoms with van der Waals surface area (Å²) in [5, 5.41) is 12.6. The van der Waals surface area contributed by atoms with Crippen LogP contribution in [0.25, 0.3) is 0 Å². The number of nitriles is 1. The van der Waals surface area contributed by atoms with Gasteiger partial charge in [-0.25, -0.2) is 0 Å². The zero-order valence-corrected chi connectivity index (χ0v) is 13.4. The van der Waals surface area contributed by atoms with Gasteiger partial charge >= 0.3 is 0 Å². The summed E-state index contributed by atoms with van der Waals surface area (Å²) in [6, 6.07) is 12.4. The highest BCUT2D eigenvalue weighted by Gasteiger charge is 2.34. The smallest absolute Gasteiger partial charge is 0.109 e. The third-order valence-corrected chi connectivity index (χ3v) is 4.34. The van der Waals surface area contributed by atoms with E-state index >= 15 is 0 Å². The first-order chi connectivity index (χ1) is 10.5. The molecule has 114 valence electrons. The quantitative estimate of drug-likeness (QED) is 0.920. The molecule has 1 N–H and O–H groups in total. The van der Waals surface area contributed by atoms with Crippen molar-refractivity contribution >= 4 is 0 Å². The topological polar surface area (TPSA) is 49.0 Å². The Morgan fingerprint density at radius 2 is 2.18 bits per heavy atom. The highest BCUT2D eigenvalue weighted by Crippen LogP contribution is 2.42. The summed E-state index contributed by atoms with van der Waals surface area (Å²) in [7, 11) is 0. The van der Waals surface area contributed by atoms with Gasteiger partial charge in [0, 0.05) is 24.6 Å². The summed E-state index contributed by atoms with van der Waals surface area (Å²) < 4.78 is 5.88. The zero-order valence-electron chi connectivity index (χ0n) is 13.4. The molecule has 3 heteroatoms. The van der Waals surface area contributed by atoms with E-state index in [1.54, 1.807) is 0 Å². The fourth-order valence-electron chi connectivity index (χ4n) is 3.36. The highest BCUT2D eigenvalue weighted by atomic mass is 16.3. The average molecular weight is 294 g/mol. The van der Waals surface area contributed by atoms with Crippen molar-refractivity contribution in [2.45, 2.75) is 46.2 Å². The molecule has 0 amide bonds. The number of hydrogen-bond acceptors (Lipinski definition) is 3. The maximum Gasteiger partial charge on any atom is 0.109 e. The molecule has 0 saturated heterocycles. The number of fused-ring (bicyclic) bond motifs is 1. The second-order valence-corrected chi connectivity index (χ2v) is 7.03. The molecule has 0 saturated carbocycles. The molecule has 1 unspecified atom stereocenters. The van der Waals surface area contributed by atoms with E-state index in [0.717, 1.165) is 36.5 Å². The lowest BCUT2D eigenvalue weighted by molar-refractivity contribution is 0.233. The van der Waals surface area contributed by atoms with Crippen LogP contribution in [0, 0.1) is 23.7 Å². The minimum atomic E-state index is 0.240. The Morgan fingerprint density at radius 1 is 1.36 bits per heavy atom. The minimum Gasteiger partial charge on any atom is -0.466 e. The van der Waals surface area contributed by atoms with Crippen LogP contribution in [0.3, 0.4) is 0 Å². The van der Waals surface area contributed by atoms with E-state index < -0.39 is 0 Å². The number of rotatable bonds is 3. The van der Waals surface area contributed by atoms with E-state index in [9.17, 15) is 0 Å². The summed E-state index contributed by atoms with van der Waals surface area (Å²) in [6.07, 6.45) is 2.09. The fourth-order valence-corrected chi connectivity index (χ4v) is 3.36. The van der Waals surface area contributed by atoms with Gasteiger partial charge < -0.3 is 9.73 Å². The van der Waals surface area contributed by atoms with Crippen molar-refractivity contribution in [2.24, 2.45) is 5.41 Å². The Kier molecular flexibility index (Phi) is 3.80. The van der Waals surface area contributed by atoms with Gasteiger partial charge in [0.25, 0.3) is 0 Å². The largest absolute Gasteiger partial charge is 0.466 e. The van der Waals surface area contributed by atoms with Gasteiger partial charge in [0.1, 0.15) is 11.5 Å². The van der Waals surface area contributed by atoms with Gasteiger partial charge in [0.05, 0.1) is 11.6 Å². The molecule has 22 heavy (non-hydrogen) atoms. The van der Waals surface area contributed by atoms with Crippen LogP contribution in [-0.2, 0) is 13.0 Å². The van der Waals surface area contributed by atoms with Crippen molar-refractivity contribution in [3.05, 3.63) is 58.5 Å². The van der Waals surface area contributed by atoms with Gasteiger partial charge in [-0.05, 0) is 42.5 Å². The number of nitrogens with one attached hydrogen (secondary N) is 1. The third kappa shape index (κ3) is 3.08. The third-order valence-electron chi connectivity index (χ3n) is 4.34. The van der Waals surface area contributed by atoms with Crippen molar-refractivity contribution in [1.82, 2.24) is 5.32 Å². The highest BCUT2D eigenvalue weighted by molar-refractivity contribution is 5.33. The van der Waals surface area contributed by atoms with E-state index in [2.05, 4.69) is 37.4 Å². The van der Waals surface area contributed by atoms with E-state index in [-0.39, 0.29) is 5.41 Å². The molecular weight excluding hydrogens is 272 g/mol. The molecular formula is C19H22N2O. The Morgan fingerprint density at radius 3 is 2.95 bits per heavy atom. The minimum absolute atomic E-state index is 0.240. The summed E-state index contributed by atoms with van der Waals surface area (Å²) in [5.41, 5.74) is 3.39. The second kappa shape index (κ2) is 5.62. The zero-order chi connectivity index (χ0) is 15.7. The van der Waals surface area contributed by atoms with Crippen LogP contribution in [0.4, 0.5) is 0 Å². The van der Waals surface area contributed by atoms with E-state index in [1.807, 2.05) is 25.1 Å². The van der Waals surface area contributed by atoms with Crippen LogP contribution < -0.4 is 5.32 Å². The lowest BCUT2D eigenvalue weighted by Crippen LogP contribution is -2.32. The molecule has 0 fully saturated rings. The second-order valence-electron chi connectivity index (χ2n) is 7.03. The van der Waals surface area contributed by atoms with Crippen LogP contribution in [-0.4, -0.2) is 0 Å². The molecule has 1 heterocycles. The van der Waals surface area contributed by atoms with Gasteiger partial charge in [-0.2, -0.15) is 5.26 Å². The van der Waals surface area contributed by atoms with E-state index in [1.165, 1.54) is 5.56 Å². The molecule has 1 atom stereocenters. The van der Waals surface area contributed by atoms with Crippen molar-refractivity contribution < 1.29 is 4.42 Å². The first-order valence-corrected chi connectivity index (χ1v) is 7.78. The maximum atomic E-state index is 9.00. The van der Waals surface area contributed by atoms with Gasteiger partial charge in [0.15, 0.2) is 0 Å². The first kappa shape index (κ1) is 14.9. The van der Waals surface area contributed by atoms with Crippen LogP contribution in [0.1, 0.15) is 54.5 Å². The first-order valence-electron chi connectivity index (χ1n) is 7.78. The number of nitrogens with zero attached hydrogens (tertiary/aromatic N) is 1. The normalized spacial score (nSPS) is 19.5. The van der Waals surface area contributed by atoms with E-state index in [4.69, 9.17) is 9.68 Å². The lowest BCUT2D eigenvalue weighted by atomic mass is 9.74. The SMILES string of the molecule is Cc1cc2c(o1)CC(C)(C)CC2NCc1cccc(C#N)c1. The molecule has 0 radical (unpaired) electrons. The molecule has 2 aromatic rings. The molecule has 1 aliphatic rings. The van der Waals surface area contributed by atoms with Crippen LogP contribution in [0.5, 0.6) is 0 Å². The standard InChI is InChI=1S/C19H22N2O/c1-13-7-16-17(9-19(2,3)10-18(16)22-13)21-12-15-6-4-5-14(8-15)11-20/h4-8,17,21H,9-10,12H2,1-3H3. The van der Waals surface area contributed by atoms with Crippen LogP contribution in [0.2, 0.25) is 0 Å². The molecule has 3 nitrogen and oxygen atoms in total. The molecule has 3 rings (SSSR count). The monoisotopic (exact) mass is 294 g/mol. The number of furan rings is 1. The lowest BCUT2D eigenvalue weighted by Gasteiger charge is -2.35. The predicted octanol–water partition coefficient (Wildman–Crippen LogP) is 4.26. The van der Waals surface area contributed by atoms with Gasteiger partial charge in [0.2, 0.25) is 0 Å². The molecule has 1 aromatic carbocycles. The number of aryl methyl sites for hydroxylation is 1. The molecule has 0 bridgehead atoms. The van der Waals surface area contributed by atoms with Gasteiger partial charge in [-0.3, -0.25) is 0 Å². The van der Waals surface area contributed by atoms with Gasteiger partial charge in [-0.1, -0.05) is 26.0 Å². The Balaban J connectivity index is 1.78. The fraction of sp³-hybridized carbons (Fsp3) is 0.421. The number of benzene rings is 1. The average Bonchev–Trinajstić information content (AvgIpc) is 2.84.